The molecule has 0 saturated heterocycles. The lowest BCUT2D eigenvalue weighted by Crippen LogP contribution is -2.12. The van der Waals surface area contributed by atoms with E-state index in [9.17, 15) is 4.79 Å². The monoisotopic (exact) mass is 219 g/mol. The van der Waals surface area contributed by atoms with E-state index in [-0.39, 0.29) is 5.78 Å². The van der Waals surface area contributed by atoms with E-state index < -0.39 is 0 Å². The minimum Gasteiger partial charge on any atom is -0.354 e. The van der Waals surface area contributed by atoms with Gasteiger partial charge in [0.1, 0.15) is 5.78 Å². The summed E-state index contributed by atoms with van der Waals surface area (Å²) < 4.78 is 0. The molecule has 4 heteroatoms. The Hall–Kier alpha value is -1.45. The number of nitrogens with one attached hydrogen (secondary N) is 1. The number of Topliss-reactive ketones (excluding diaryl/α,β-unsaturated/α-hetero) is 1. The highest BCUT2D eigenvalue weighted by atomic mass is 16.1. The largest absolute Gasteiger partial charge is 0.354 e. The molecule has 1 aromatic heterocycles. The van der Waals surface area contributed by atoms with Crippen molar-refractivity contribution in [2.75, 3.05) is 11.9 Å². The van der Waals surface area contributed by atoms with E-state index in [1.54, 1.807) is 6.92 Å². The van der Waals surface area contributed by atoms with E-state index in [1.807, 2.05) is 12.4 Å². The molecular formula is C12H17N3O. The van der Waals surface area contributed by atoms with Gasteiger partial charge in [-0.25, -0.2) is 9.97 Å². The first-order valence-electron chi connectivity index (χ1n) is 5.81. The molecule has 16 heavy (non-hydrogen) atoms. The molecule has 1 fully saturated rings. The molecule has 0 amide bonds. The Bertz CT molecular complexity index is 357. The highest BCUT2D eigenvalue weighted by molar-refractivity contribution is 5.75. The summed E-state index contributed by atoms with van der Waals surface area (Å²) in [4.78, 5) is 19.2. The summed E-state index contributed by atoms with van der Waals surface area (Å²) in [6.45, 7) is 2.19. The number of nitrogens with zero attached hydrogens (tertiary/aromatic N) is 2. The summed E-state index contributed by atoms with van der Waals surface area (Å²) in [5, 5.41) is 3.04. The molecule has 1 aromatic rings. The van der Waals surface area contributed by atoms with Gasteiger partial charge in [-0.15, -0.1) is 0 Å². The maximum atomic E-state index is 10.7. The predicted molar refractivity (Wildman–Crippen MR) is 62.4 cm³/mol. The van der Waals surface area contributed by atoms with Crippen LogP contribution in [0.1, 0.15) is 44.1 Å². The van der Waals surface area contributed by atoms with Gasteiger partial charge in [0.15, 0.2) is 0 Å². The number of rotatable bonds is 5. The Balaban J connectivity index is 1.84. The molecule has 0 unspecified atom stereocenters. The number of aromatic nitrogens is 2. The fourth-order valence-electron chi connectivity index (χ4n) is 1.73. The normalized spacial score (nSPS) is 15.6. The Morgan fingerprint density at radius 1 is 1.44 bits per heavy atom. The number of ketones is 1. The first kappa shape index (κ1) is 11.0. The molecule has 0 aliphatic heterocycles. The van der Waals surface area contributed by atoms with E-state index in [0.717, 1.165) is 0 Å². The molecule has 1 aliphatic rings. The first-order valence-corrected chi connectivity index (χ1v) is 5.81. The zero-order valence-corrected chi connectivity index (χ0v) is 9.57. The number of carbonyl (C=O) groups is 1. The van der Waals surface area contributed by atoms with Gasteiger partial charge in [0.2, 0.25) is 5.95 Å². The van der Waals surface area contributed by atoms with Crippen molar-refractivity contribution in [3.8, 4) is 0 Å². The van der Waals surface area contributed by atoms with Crippen molar-refractivity contribution in [2.45, 2.75) is 38.5 Å². The molecule has 1 N–H and O–H groups in total. The molecule has 0 radical (unpaired) electrons. The molecule has 4 nitrogen and oxygen atoms in total. The molecule has 0 bridgehead atoms. The predicted octanol–water partition coefficient (Wildman–Crippen LogP) is 2.14. The van der Waals surface area contributed by atoms with Gasteiger partial charge < -0.3 is 5.32 Å². The fourth-order valence-corrected chi connectivity index (χ4v) is 1.73. The van der Waals surface area contributed by atoms with Crippen LogP contribution in [0.15, 0.2) is 12.4 Å². The van der Waals surface area contributed by atoms with Crippen LogP contribution in [0.5, 0.6) is 0 Å². The zero-order chi connectivity index (χ0) is 11.4. The summed E-state index contributed by atoms with van der Waals surface area (Å²) in [6, 6.07) is 0. The van der Waals surface area contributed by atoms with E-state index in [1.165, 1.54) is 24.8 Å². The van der Waals surface area contributed by atoms with Crippen molar-refractivity contribution in [3.05, 3.63) is 18.0 Å². The molecule has 0 spiro atoms. The van der Waals surface area contributed by atoms with Gasteiger partial charge in [-0.2, -0.15) is 0 Å². The van der Waals surface area contributed by atoms with Crippen LogP contribution in [0.3, 0.4) is 0 Å². The number of anilines is 1. The molecule has 0 atom stereocenters. The smallest absolute Gasteiger partial charge is 0.222 e. The van der Waals surface area contributed by atoms with Crippen molar-refractivity contribution in [1.82, 2.24) is 9.97 Å². The highest BCUT2D eigenvalue weighted by Crippen LogP contribution is 2.35. The lowest BCUT2D eigenvalue weighted by atomic mass is 9.81. The topological polar surface area (TPSA) is 54.9 Å². The van der Waals surface area contributed by atoms with Crippen LogP contribution < -0.4 is 5.32 Å². The Morgan fingerprint density at radius 3 is 2.62 bits per heavy atom. The van der Waals surface area contributed by atoms with Crippen molar-refractivity contribution < 1.29 is 4.79 Å². The average Bonchev–Trinajstić information content (AvgIpc) is 2.17. The molecule has 1 heterocycles. The van der Waals surface area contributed by atoms with E-state index in [4.69, 9.17) is 0 Å². The van der Waals surface area contributed by atoms with Gasteiger partial charge >= 0.3 is 0 Å². The summed E-state index contributed by atoms with van der Waals surface area (Å²) in [7, 11) is 0. The second-order valence-corrected chi connectivity index (χ2v) is 4.35. The maximum Gasteiger partial charge on any atom is 0.222 e. The van der Waals surface area contributed by atoms with Gasteiger partial charge in [0.25, 0.3) is 0 Å². The average molecular weight is 219 g/mol. The van der Waals surface area contributed by atoms with E-state index in [0.29, 0.717) is 24.8 Å². The Morgan fingerprint density at radius 2 is 2.12 bits per heavy atom. The Labute approximate surface area is 95.5 Å². The van der Waals surface area contributed by atoms with E-state index >= 15 is 0 Å². The molecular weight excluding hydrogens is 202 g/mol. The summed E-state index contributed by atoms with van der Waals surface area (Å²) in [5.74, 6) is 1.47. The molecule has 2 rings (SSSR count). The number of hydrogen-bond acceptors (Lipinski definition) is 4. The standard InChI is InChI=1S/C12H17N3O/c1-9(16)5-6-13-12-14-7-11(8-15-12)10-3-2-4-10/h7-8,10H,2-6H2,1H3,(H,13,14,15). The molecule has 86 valence electrons. The zero-order valence-electron chi connectivity index (χ0n) is 9.57. The van der Waals surface area contributed by atoms with Crippen molar-refractivity contribution >= 4 is 11.7 Å². The first-order chi connectivity index (χ1) is 7.75. The second kappa shape index (κ2) is 5.05. The second-order valence-electron chi connectivity index (χ2n) is 4.35. The Kier molecular flexibility index (Phi) is 3.49. The van der Waals surface area contributed by atoms with Crippen molar-refractivity contribution in [3.63, 3.8) is 0 Å². The number of hydrogen-bond donors (Lipinski definition) is 1. The quantitative estimate of drug-likeness (QED) is 0.824. The summed E-state index contributed by atoms with van der Waals surface area (Å²) in [6.07, 6.45) is 8.16. The van der Waals surface area contributed by atoms with Crippen LogP contribution >= 0.6 is 0 Å². The van der Waals surface area contributed by atoms with Crippen LogP contribution in [0.2, 0.25) is 0 Å². The van der Waals surface area contributed by atoms with Crippen LogP contribution in [0, 0.1) is 0 Å². The number of carbonyl (C=O) groups excluding carboxylic acids is 1. The SMILES string of the molecule is CC(=O)CCNc1ncc(C2CCC2)cn1. The third-order valence-electron chi connectivity index (χ3n) is 3.01. The van der Waals surface area contributed by atoms with Gasteiger partial charge in [-0.3, -0.25) is 4.79 Å². The summed E-state index contributed by atoms with van der Waals surface area (Å²) >= 11 is 0. The molecule has 1 saturated carbocycles. The minimum absolute atomic E-state index is 0.179. The maximum absolute atomic E-state index is 10.7. The van der Waals surface area contributed by atoms with Gasteiger partial charge in [0, 0.05) is 25.4 Å². The summed E-state index contributed by atoms with van der Waals surface area (Å²) in [5.41, 5.74) is 1.24. The minimum atomic E-state index is 0.179. The molecule has 1 aliphatic carbocycles. The highest BCUT2D eigenvalue weighted by Gasteiger charge is 2.19. The van der Waals surface area contributed by atoms with Gasteiger partial charge in [-0.05, 0) is 31.2 Å². The van der Waals surface area contributed by atoms with Crippen LogP contribution in [0.25, 0.3) is 0 Å². The van der Waals surface area contributed by atoms with Gasteiger partial charge in [0.05, 0.1) is 0 Å². The van der Waals surface area contributed by atoms with Crippen molar-refractivity contribution in [2.24, 2.45) is 0 Å². The van der Waals surface area contributed by atoms with Gasteiger partial charge in [-0.1, -0.05) is 6.42 Å². The van der Waals surface area contributed by atoms with E-state index in [2.05, 4.69) is 15.3 Å². The molecule has 0 aromatic carbocycles. The lowest BCUT2D eigenvalue weighted by molar-refractivity contribution is -0.116. The third-order valence-corrected chi connectivity index (χ3v) is 3.01. The van der Waals surface area contributed by atoms with Crippen LogP contribution in [0.4, 0.5) is 5.95 Å². The third kappa shape index (κ3) is 2.78. The lowest BCUT2D eigenvalue weighted by Gasteiger charge is -2.24. The fraction of sp³-hybridized carbons (Fsp3) is 0.583. The van der Waals surface area contributed by atoms with Crippen molar-refractivity contribution in [1.29, 1.82) is 0 Å². The van der Waals surface area contributed by atoms with Crippen LogP contribution in [-0.2, 0) is 4.79 Å². The van der Waals surface area contributed by atoms with Crippen LogP contribution in [-0.4, -0.2) is 22.3 Å².